The summed E-state index contributed by atoms with van der Waals surface area (Å²) in [6, 6.07) is -0.472. The molecule has 2 N–H and O–H groups in total. The van der Waals surface area contributed by atoms with Crippen molar-refractivity contribution in [2.45, 2.75) is 13.0 Å². The van der Waals surface area contributed by atoms with Gasteiger partial charge in [0.25, 0.3) is 0 Å². The Morgan fingerprint density at radius 1 is 1.91 bits per heavy atom. The van der Waals surface area contributed by atoms with E-state index < -0.39 is 6.04 Å². The Morgan fingerprint density at radius 3 is 3.00 bits per heavy atom. The molecular weight excluding hydrogens is 146 g/mol. The Bertz CT molecular complexity index is 136. The van der Waals surface area contributed by atoms with Crippen LogP contribution in [0.5, 0.6) is 0 Å². The quantitative estimate of drug-likeness (QED) is 0.327. The normalized spacial score (nSPS) is 12.2. The van der Waals surface area contributed by atoms with Gasteiger partial charge in [0.05, 0.1) is 6.73 Å². The van der Waals surface area contributed by atoms with Crippen LogP contribution < -0.4 is 5.32 Å². The second-order valence-corrected chi connectivity index (χ2v) is 2.00. The lowest BCUT2D eigenvalue weighted by Crippen LogP contribution is -2.35. The highest BCUT2D eigenvalue weighted by atomic mass is 16.5. The van der Waals surface area contributed by atoms with E-state index in [1.54, 1.807) is 6.92 Å². The van der Waals surface area contributed by atoms with Gasteiger partial charge in [-0.25, -0.2) is 0 Å². The van der Waals surface area contributed by atoms with Crippen molar-refractivity contribution in [1.29, 1.82) is 0 Å². The molecule has 0 aromatic carbocycles. The van der Waals surface area contributed by atoms with Crippen molar-refractivity contribution in [3.05, 3.63) is 12.7 Å². The lowest BCUT2D eigenvalue weighted by atomic mass is 10.3. The number of hydrogen-bond acceptors (Lipinski definition) is 4. The molecule has 0 saturated carbocycles. The van der Waals surface area contributed by atoms with Gasteiger partial charge in [0, 0.05) is 0 Å². The van der Waals surface area contributed by atoms with Crippen LogP contribution in [0.4, 0.5) is 0 Å². The molecule has 0 aliphatic heterocycles. The summed E-state index contributed by atoms with van der Waals surface area (Å²) in [5.74, 6) is -0.390. The van der Waals surface area contributed by atoms with Crippen molar-refractivity contribution in [3.8, 4) is 0 Å². The minimum atomic E-state index is -0.472. The number of ether oxygens (including phenoxy) is 1. The number of carbonyl (C=O) groups excluding carboxylic acids is 1. The molecule has 0 radical (unpaired) electrons. The van der Waals surface area contributed by atoms with Crippen molar-refractivity contribution in [2.24, 2.45) is 0 Å². The van der Waals surface area contributed by atoms with Crippen LogP contribution in [0.25, 0.3) is 0 Å². The summed E-state index contributed by atoms with van der Waals surface area (Å²) >= 11 is 0. The minimum Gasteiger partial charge on any atom is -0.460 e. The largest absolute Gasteiger partial charge is 0.460 e. The second-order valence-electron chi connectivity index (χ2n) is 2.00. The summed E-state index contributed by atoms with van der Waals surface area (Å²) in [5.41, 5.74) is 0. The topological polar surface area (TPSA) is 58.6 Å². The van der Waals surface area contributed by atoms with E-state index in [1.165, 1.54) is 6.08 Å². The van der Waals surface area contributed by atoms with Crippen LogP contribution >= 0.6 is 0 Å². The van der Waals surface area contributed by atoms with E-state index in [0.717, 1.165) is 0 Å². The van der Waals surface area contributed by atoms with Gasteiger partial charge in [0.2, 0.25) is 0 Å². The lowest BCUT2D eigenvalue weighted by Gasteiger charge is -2.09. The van der Waals surface area contributed by atoms with Gasteiger partial charge >= 0.3 is 5.97 Å². The monoisotopic (exact) mass is 159 g/mol. The van der Waals surface area contributed by atoms with Gasteiger partial charge in [-0.1, -0.05) is 12.7 Å². The summed E-state index contributed by atoms with van der Waals surface area (Å²) in [7, 11) is 0. The van der Waals surface area contributed by atoms with Gasteiger partial charge in [-0.3, -0.25) is 10.1 Å². The van der Waals surface area contributed by atoms with Crippen LogP contribution in [0, 0.1) is 0 Å². The number of carbonyl (C=O) groups is 1. The SMILES string of the molecule is C=CCOC(=O)C(C)NCO. The molecular formula is C7H13NO3. The van der Waals surface area contributed by atoms with E-state index in [2.05, 4.69) is 16.6 Å². The average Bonchev–Trinajstić information content (AvgIpc) is 2.00. The van der Waals surface area contributed by atoms with E-state index in [4.69, 9.17) is 5.11 Å². The van der Waals surface area contributed by atoms with E-state index in [9.17, 15) is 4.79 Å². The molecule has 0 saturated heterocycles. The van der Waals surface area contributed by atoms with E-state index >= 15 is 0 Å². The molecule has 0 aliphatic rings. The van der Waals surface area contributed by atoms with Gasteiger partial charge in [0.15, 0.2) is 0 Å². The number of nitrogens with one attached hydrogen (secondary N) is 1. The highest BCUT2D eigenvalue weighted by Crippen LogP contribution is 1.86. The first-order valence-electron chi connectivity index (χ1n) is 3.34. The van der Waals surface area contributed by atoms with Crippen LogP contribution in [0.3, 0.4) is 0 Å². The summed E-state index contributed by atoms with van der Waals surface area (Å²) < 4.78 is 4.67. The molecule has 1 atom stereocenters. The third-order valence-electron chi connectivity index (χ3n) is 1.09. The Labute approximate surface area is 65.9 Å². The number of aliphatic hydroxyl groups excluding tert-OH is 1. The number of rotatable bonds is 5. The van der Waals surface area contributed by atoms with Crippen LogP contribution in [0.2, 0.25) is 0 Å². The van der Waals surface area contributed by atoms with Gasteiger partial charge in [-0.05, 0) is 6.92 Å². The standard InChI is InChI=1S/C7H13NO3/c1-3-4-11-7(10)6(2)8-5-9/h3,6,8-9H,1,4-5H2,2H3. The van der Waals surface area contributed by atoms with Gasteiger partial charge in [-0.15, -0.1) is 0 Å². The predicted octanol–water partition coefficient (Wildman–Crippen LogP) is -0.357. The van der Waals surface area contributed by atoms with Gasteiger partial charge in [-0.2, -0.15) is 0 Å². The fourth-order valence-corrected chi connectivity index (χ4v) is 0.486. The Balaban J connectivity index is 3.54. The molecule has 0 rings (SSSR count). The zero-order chi connectivity index (χ0) is 8.69. The maximum Gasteiger partial charge on any atom is 0.323 e. The van der Waals surface area contributed by atoms with Crippen LogP contribution in [0.1, 0.15) is 6.92 Å². The third-order valence-corrected chi connectivity index (χ3v) is 1.09. The molecule has 11 heavy (non-hydrogen) atoms. The van der Waals surface area contributed by atoms with E-state index in [0.29, 0.717) is 0 Å². The molecule has 0 heterocycles. The number of hydrogen-bond donors (Lipinski definition) is 2. The van der Waals surface area contributed by atoms with Crippen LogP contribution in [0.15, 0.2) is 12.7 Å². The molecule has 0 aliphatic carbocycles. The summed E-state index contributed by atoms with van der Waals surface area (Å²) in [4.78, 5) is 10.8. The minimum absolute atomic E-state index is 0.205. The Morgan fingerprint density at radius 2 is 2.55 bits per heavy atom. The van der Waals surface area contributed by atoms with Crippen molar-refractivity contribution in [1.82, 2.24) is 5.32 Å². The fourth-order valence-electron chi connectivity index (χ4n) is 0.486. The molecule has 4 nitrogen and oxygen atoms in total. The van der Waals surface area contributed by atoms with Crippen molar-refractivity contribution >= 4 is 5.97 Å². The zero-order valence-corrected chi connectivity index (χ0v) is 6.54. The van der Waals surface area contributed by atoms with Gasteiger partial charge in [0.1, 0.15) is 12.6 Å². The molecule has 64 valence electrons. The molecule has 0 fully saturated rings. The molecule has 0 amide bonds. The van der Waals surface area contributed by atoms with E-state index in [-0.39, 0.29) is 19.3 Å². The first kappa shape index (κ1) is 10.1. The summed E-state index contributed by atoms with van der Waals surface area (Å²) in [5, 5.41) is 10.9. The maximum absolute atomic E-state index is 10.8. The van der Waals surface area contributed by atoms with Crippen LogP contribution in [-0.4, -0.2) is 30.5 Å². The summed E-state index contributed by atoms with van der Waals surface area (Å²) in [6.07, 6.45) is 1.49. The highest BCUT2D eigenvalue weighted by molar-refractivity contribution is 5.75. The maximum atomic E-state index is 10.8. The Hall–Kier alpha value is -0.870. The molecule has 0 aromatic heterocycles. The first-order chi connectivity index (χ1) is 5.22. The lowest BCUT2D eigenvalue weighted by molar-refractivity contribution is -0.144. The zero-order valence-electron chi connectivity index (χ0n) is 6.54. The summed E-state index contributed by atoms with van der Waals surface area (Å²) in [6.45, 7) is 4.98. The molecule has 0 aromatic rings. The predicted molar refractivity (Wildman–Crippen MR) is 40.8 cm³/mol. The second kappa shape index (κ2) is 5.88. The van der Waals surface area contributed by atoms with Crippen molar-refractivity contribution < 1.29 is 14.6 Å². The van der Waals surface area contributed by atoms with Crippen molar-refractivity contribution in [3.63, 3.8) is 0 Å². The molecule has 4 heteroatoms. The third kappa shape index (κ3) is 4.52. The first-order valence-corrected chi connectivity index (χ1v) is 3.34. The number of esters is 1. The van der Waals surface area contributed by atoms with Gasteiger partial charge < -0.3 is 9.84 Å². The average molecular weight is 159 g/mol. The number of aliphatic hydroxyl groups is 1. The molecule has 0 spiro atoms. The van der Waals surface area contributed by atoms with Crippen LogP contribution in [-0.2, 0) is 9.53 Å². The highest BCUT2D eigenvalue weighted by Gasteiger charge is 2.11. The molecule has 1 unspecified atom stereocenters. The van der Waals surface area contributed by atoms with Crippen molar-refractivity contribution in [2.75, 3.05) is 13.3 Å². The molecule has 0 bridgehead atoms. The fraction of sp³-hybridized carbons (Fsp3) is 0.571. The smallest absolute Gasteiger partial charge is 0.323 e. The Kier molecular flexibility index (Phi) is 5.42. The van der Waals surface area contributed by atoms with E-state index in [1.807, 2.05) is 0 Å².